The van der Waals surface area contributed by atoms with Crippen LogP contribution in [0.3, 0.4) is 0 Å². The fourth-order valence-electron chi connectivity index (χ4n) is 6.88. The van der Waals surface area contributed by atoms with Crippen LogP contribution in [0, 0.1) is 0 Å². The number of fused-ring (bicyclic) bond motifs is 11. The van der Waals surface area contributed by atoms with Gasteiger partial charge in [-0.2, -0.15) is 0 Å². The van der Waals surface area contributed by atoms with Gasteiger partial charge in [0.05, 0.1) is 0 Å². The van der Waals surface area contributed by atoms with Crippen LogP contribution in [-0.4, -0.2) is 0 Å². The van der Waals surface area contributed by atoms with Crippen LogP contribution in [0.4, 0.5) is 0 Å². The summed E-state index contributed by atoms with van der Waals surface area (Å²) in [5.74, 6) is 0. The summed E-state index contributed by atoms with van der Waals surface area (Å²) in [6, 6.07) is 41.7. The van der Waals surface area contributed by atoms with E-state index in [2.05, 4.69) is 123 Å². The molecule has 2 heteroatoms. The molecule has 0 aliphatic carbocycles. The molecule has 2 aromatic heterocycles. The topological polar surface area (TPSA) is 0 Å². The lowest BCUT2D eigenvalue weighted by Gasteiger charge is -2.12. The van der Waals surface area contributed by atoms with E-state index in [9.17, 15) is 0 Å². The van der Waals surface area contributed by atoms with E-state index in [-0.39, 0.29) is 0 Å². The lowest BCUT2D eigenvalue weighted by Crippen LogP contribution is -1.84. The molecule has 0 radical (unpaired) electrons. The fraction of sp³-hybridized carbons (Fsp3) is 0.190. The lowest BCUT2D eigenvalue weighted by atomic mass is 9.93. The summed E-state index contributed by atoms with van der Waals surface area (Å²) < 4.78 is 2.80. The molecule has 44 heavy (non-hydrogen) atoms. The molecule has 0 amide bonds. The van der Waals surface area contributed by atoms with Gasteiger partial charge in [0.1, 0.15) is 0 Å². The minimum atomic E-state index is 1.16. The van der Waals surface area contributed by atoms with E-state index in [4.69, 9.17) is 0 Å². The molecule has 0 aliphatic rings. The number of rotatable bonds is 8. The average molecular weight is 605 g/mol. The summed E-state index contributed by atoms with van der Waals surface area (Å²) in [6.45, 7) is 4.53. The van der Waals surface area contributed by atoms with Crippen LogP contribution in [0.1, 0.15) is 50.7 Å². The first kappa shape index (κ1) is 27.6. The molecule has 0 unspecified atom stereocenters. The summed E-state index contributed by atoms with van der Waals surface area (Å²) in [4.78, 5) is 2.69. The van der Waals surface area contributed by atoms with Crippen molar-refractivity contribution in [3.05, 3.63) is 120 Å². The zero-order valence-electron chi connectivity index (χ0n) is 25.5. The largest absolute Gasteiger partial charge is 0.135 e. The number of hydrogen-bond donors (Lipinski definition) is 0. The molecule has 8 rings (SSSR count). The average Bonchev–Trinajstić information content (AvgIpc) is 3.73. The first-order valence-corrected chi connectivity index (χ1v) is 17.8. The Morgan fingerprint density at radius 3 is 1.20 bits per heavy atom. The minimum absolute atomic E-state index is 1.16. The van der Waals surface area contributed by atoms with Crippen LogP contribution in [0.25, 0.3) is 73.4 Å². The van der Waals surface area contributed by atoms with Crippen molar-refractivity contribution in [2.45, 2.75) is 52.4 Å². The third-order valence-corrected chi connectivity index (χ3v) is 11.7. The van der Waals surface area contributed by atoms with E-state index < -0.39 is 0 Å². The molecule has 6 aromatic carbocycles. The van der Waals surface area contributed by atoms with Gasteiger partial charge in [-0.25, -0.2) is 0 Å². The predicted octanol–water partition coefficient (Wildman–Crippen LogP) is 13.6. The Balaban J connectivity index is 1.39. The molecule has 0 saturated carbocycles. The van der Waals surface area contributed by atoms with Crippen molar-refractivity contribution >= 4 is 75.2 Å². The van der Waals surface area contributed by atoms with Gasteiger partial charge in [0.25, 0.3) is 0 Å². The van der Waals surface area contributed by atoms with Crippen LogP contribution in [0.15, 0.2) is 109 Å². The Morgan fingerprint density at radius 2 is 0.818 bits per heavy atom. The van der Waals surface area contributed by atoms with Crippen LogP contribution in [-0.2, 0) is 12.8 Å². The van der Waals surface area contributed by atoms with E-state index in [0.717, 1.165) is 12.8 Å². The van der Waals surface area contributed by atoms with Crippen LogP contribution in [0.5, 0.6) is 0 Å². The quantitative estimate of drug-likeness (QED) is 0.151. The molecule has 0 bridgehead atoms. The van der Waals surface area contributed by atoms with Gasteiger partial charge in [0.15, 0.2) is 0 Å². The molecule has 0 N–H and O–H groups in total. The minimum Gasteiger partial charge on any atom is -0.135 e. The van der Waals surface area contributed by atoms with Crippen molar-refractivity contribution in [2.75, 3.05) is 0 Å². The Kier molecular flexibility index (Phi) is 7.21. The highest BCUT2D eigenvalue weighted by atomic mass is 32.1. The molecular weight excluding hydrogens is 569 g/mol. The second kappa shape index (κ2) is 11.5. The fourth-order valence-corrected chi connectivity index (χ4v) is 9.37. The lowest BCUT2D eigenvalue weighted by molar-refractivity contribution is 0.795. The van der Waals surface area contributed by atoms with Gasteiger partial charge in [-0.3, -0.25) is 0 Å². The van der Waals surface area contributed by atoms with Crippen molar-refractivity contribution in [1.82, 2.24) is 0 Å². The third-order valence-electron chi connectivity index (χ3n) is 9.26. The molecule has 0 nitrogen and oxygen atoms in total. The maximum absolute atomic E-state index is 2.45. The molecule has 0 atom stereocenters. The smallest absolute Gasteiger partial charge is 0.0441 e. The van der Waals surface area contributed by atoms with E-state index in [0.29, 0.717) is 0 Å². The summed E-state index contributed by atoms with van der Waals surface area (Å²) in [5.41, 5.74) is 5.50. The van der Waals surface area contributed by atoms with Gasteiger partial charge in [0, 0.05) is 40.7 Å². The number of benzene rings is 6. The Labute approximate surface area is 267 Å². The third kappa shape index (κ3) is 4.64. The Bertz CT molecular complexity index is 2110. The highest BCUT2D eigenvalue weighted by Gasteiger charge is 2.20. The number of unbranched alkanes of at least 4 members (excludes halogenated alkanes) is 2. The maximum atomic E-state index is 2.45. The highest BCUT2D eigenvalue weighted by Crippen LogP contribution is 2.50. The van der Waals surface area contributed by atoms with E-state index in [1.165, 1.54) is 110 Å². The zero-order valence-corrected chi connectivity index (χ0v) is 27.1. The number of hydrogen-bond acceptors (Lipinski definition) is 2. The van der Waals surface area contributed by atoms with Crippen molar-refractivity contribution in [3.8, 4) is 20.9 Å². The van der Waals surface area contributed by atoms with Crippen molar-refractivity contribution in [2.24, 2.45) is 0 Å². The van der Waals surface area contributed by atoms with Crippen LogP contribution < -0.4 is 0 Å². The maximum Gasteiger partial charge on any atom is 0.0441 e. The molecule has 0 fully saturated rings. The SMILES string of the molecule is CCCCc1ccc(-c2cc3c4ccccc4c4c5sc(-c6ccc(CCCC)cc6)cc5c5ccccc5c4c3s2)cc1. The van der Waals surface area contributed by atoms with E-state index in [1.54, 1.807) is 0 Å². The highest BCUT2D eigenvalue weighted by molar-refractivity contribution is 7.25. The van der Waals surface area contributed by atoms with E-state index in [1.807, 2.05) is 22.7 Å². The van der Waals surface area contributed by atoms with Gasteiger partial charge in [0.2, 0.25) is 0 Å². The molecule has 8 aromatic rings. The summed E-state index contributed by atoms with van der Waals surface area (Å²) in [6.07, 6.45) is 7.28. The first-order chi connectivity index (χ1) is 21.7. The molecule has 0 spiro atoms. The molecule has 0 aliphatic heterocycles. The van der Waals surface area contributed by atoms with Gasteiger partial charge in [-0.1, -0.05) is 124 Å². The Morgan fingerprint density at radius 1 is 0.432 bits per heavy atom. The predicted molar refractivity (Wildman–Crippen MR) is 198 cm³/mol. The van der Waals surface area contributed by atoms with Gasteiger partial charge in [-0.05, 0) is 81.6 Å². The summed E-state index contributed by atoms with van der Waals surface area (Å²) >= 11 is 3.92. The molecule has 216 valence electrons. The van der Waals surface area contributed by atoms with Gasteiger partial charge >= 0.3 is 0 Å². The summed E-state index contributed by atoms with van der Waals surface area (Å²) in [5, 5.41) is 11.0. The molecular formula is C42H36S2. The van der Waals surface area contributed by atoms with Crippen molar-refractivity contribution < 1.29 is 0 Å². The van der Waals surface area contributed by atoms with Gasteiger partial charge < -0.3 is 0 Å². The van der Waals surface area contributed by atoms with E-state index >= 15 is 0 Å². The van der Waals surface area contributed by atoms with Crippen molar-refractivity contribution in [1.29, 1.82) is 0 Å². The molecule has 0 saturated heterocycles. The number of aryl methyl sites for hydroxylation is 2. The standard InChI is InChI=1S/C42H36S2/c1-3-5-11-27-17-21-29(22-18-27)37-25-35-31-13-7-9-15-33(31)40-39(41(35)43-37)34-16-10-8-14-32(34)36-26-38(44-42(36)40)30-23-19-28(20-24-30)12-6-4-2/h7-10,13-26H,3-6,11-12H2,1-2H3. The first-order valence-electron chi connectivity index (χ1n) is 16.1. The second-order valence-corrected chi connectivity index (χ2v) is 14.3. The zero-order chi connectivity index (χ0) is 29.6. The van der Waals surface area contributed by atoms with Crippen LogP contribution in [0.2, 0.25) is 0 Å². The second-order valence-electron chi connectivity index (χ2n) is 12.1. The molecule has 2 heterocycles. The van der Waals surface area contributed by atoms with Crippen LogP contribution >= 0.6 is 22.7 Å². The monoisotopic (exact) mass is 604 g/mol. The summed E-state index contributed by atoms with van der Waals surface area (Å²) in [7, 11) is 0. The Hall–Kier alpha value is -3.98. The van der Waals surface area contributed by atoms with Crippen molar-refractivity contribution in [3.63, 3.8) is 0 Å². The van der Waals surface area contributed by atoms with Gasteiger partial charge in [-0.15, -0.1) is 22.7 Å². The number of thiophene rings is 2. The normalized spacial score (nSPS) is 12.0.